The topological polar surface area (TPSA) is 0 Å². The third kappa shape index (κ3) is 5.10. The Morgan fingerprint density at radius 2 is 1.58 bits per heavy atom. The van der Waals surface area contributed by atoms with Gasteiger partial charge in [0.15, 0.2) is 0 Å². The number of allylic oxidation sites excluding steroid dienone is 2. The Morgan fingerprint density at radius 3 is 2.26 bits per heavy atom. The first-order valence-corrected chi connectivity index (χ1v) is 12.3. The molecule has 2 aliphatic carbocycles. The Labute approximate surface area is 186 Å². The van der Waals surface area contributed by atoms with E-state index < -0.39 is 11.6 Å². The smallest absolute Gasteiger partial charge is 0.134 e. The van der Waals surface area contributed by atoms with E-state index in [4.69, 9.17) is 0 Å². The number of halogens is 2. The van der Waals surface area contributed by atoms with Crippen molar-refractivity contribution in [1.29, 1.82) is 0 Å². The summed E-state index contributed by atoms with van der Waals surface area (Å²) in [5.74, 6) is 1.91. The molecule has 2 aliphatic rings. The first kappa shape index (κ1) is 22.2. The van der Waals surface area contributed by atoms with E-state index in [1.807, 2.05) is 37.3 Å². The zero-order valence-corrected chi connectivity index (χ0v) is 19.0. The third-order valence-electron chi connectivity index (χ3n) is 7.91. The van der Waals surface area contributed by atoms with Gasteiger partial charge in [0.25, 0.3) is 0 Å². The molecule has 0 aromatic heterocycles. The Morgan fingerprint density at radius 1 is 0.903 bits per heavy atom. The number of aryl methyl sites for hydroxylation is 1. The predicted molar refractivity (Wildman–Crippen MR) is 126 cm³/mol. The lowest BCUT2D eigenvalue weighted by Crippen LogP contribution is -2.30. The summed E-state index contributed by atoms with van der Waals surface area (Å²) in [6.45, 7) is 4.32. The van der Waals surface area contributed by atoms with Crippen LogP contribution >= 0.6 is 0 Å². The molecular weight excluding hydrogens is 386 g/mol. The summed E-state index contributed by atoms with van der Waals surface area (Å²) in [5, 5.41) is 0. The number of benzene rings is 2. The van der Waals surface area contributed by atoms with Gasteiger partial charge in [-0.2, -0.15) is 0 Å². The van der Waals surface area contributed by atoms with Crippen molar-refractivity contribution in [2.24, 2.45) is 17.8 Å². The molecule has 0 N–H and O–H groups in total. The minimum absolute atomic E-state index is 0.112. The molecule has 0 heterocycles. The molecule has 0 radical (unpaired) electrons. The van der Waals surface area contributed by atoms with Crippen molar-refractivity contribution in [3.05, 3.63) is 71.3 Å². The van der Waals surface area contributed by atoms with Gasteiger partial charge in [-0.1, -0.05) is 56.2 Å². The highest BCUT2D eigenvalue weighted by atomic mass is 19.1. The average molecular weight is 423 g/mol. The van der Waals surface area contributed by atoms with E-state index in [0.29, 0.717) is 11.5 Å². The monoisotopic (exact) mass is 422 g/mol. The molecular formula is C29H36F2. The maximum Gasteiger partial charge on any atom is 0.134 e. The normalized spacial score (nSPS) is 26.2. The van der Waals surface area contributed by atoms with Gasteiger partial charge in [0.2, 0.25) is 0 Å². The molecule has 0 amide bonds. The highest BCUT2D eigenvalue weighted by molar-refractivity contribution is 5.65. The van der Waals surface area contributed by atoms with Gasteiger partial charge in [0.1, 0.15) is 11.6 Å². The van der Waals surface area contributed by atoms with Crippen LogP contribution in [-0.2, 0) is 6.42 Å². The van der Waals surface area contributed by atoms with E-state index in [9.17, 15) is 0 Å². The van der Waals surface area contributed by atoms with Crippen LogP contribution in [0.4, 0.5) is 8.78 Å². The molecule has 2 saturated carbocycles. The molecule has 4 atom stereocenters. The fourth-order valence-electron chi connectivity index (χ4n) is 6.02. The van der Waals surface area contributed by atoms with Crippen LogP contribution in [0, 0.1) is 29.4 Å². The van der Waals surface area contributed by atoms with Crippen LogP contribution in [0.1, 0.15) is 82.3 Å². The molecule has 0 saturated heterocycles. The second-order valence-corrected chi connectivity index (χ2v) is 9.78. The molecule has 166 valence electrons. The van der Waals surface area contributed by atoms with Crippen molar-refractivity contribution in [2.45, 2.75) is 77.6 Å². The van der Waals surface area contributed by atoms with Crippen LogP contribution < -0.4 is 0 Å². The number of rotatable bonds is 6. The quantitative estimate of drug-likeness (QED) is 0.408. The standard InChI is InChI=1S/C29H36F2/c1-3-5-6-7-21-9-11-22(12-10-21)29-27(30)18-26(19-28(29)31)25-15-14-23-16-20(4-2)8-13-24(23)17-25/h3,5,9-12,18-20,23-25H,4,6-8,13-17H2,1-2H3/b5-3+/t20?,23-,24-,25-/m1/s1. The van der Waals surface area contributed by atoms with E-state index in [-0.39, 0.29) is 5.56 Å². The largest absolute Gasteiger partial charge is 0.206 e. The van der Waals surface area contributed by atoms with Crippen molar-refractivity contribution < 1.29 is 8.78 Å². The molecule has 31 heavy (non-hydrogen) atoms. The molecule has 2 heteroatoms. The maximum atomic E-state index is 15.1. The molecule has 0 bridgehead atoms. The second-order valence-electron chi connectivity index (χ2n) is 9.78. The van der Waals surface area contributed by atoms with E-state index in [1.165, 1.54) is 37.7 Å². The summed E-state index contributed by atoms with van der Waals surface area (Å²) in [6, 6.07) is 10.9. The van der Waals surface area contributed by atoms with Crippen LogP contribution in [0.5, 0.6) is 0 Å². The summed E-state index contributed by atoms with van der Waals surface area (Å²) in [6.07, 6.45) is 14.8. The van der Waals surface area contributed by atoms with Crippen molar-refractivity contribution in [3.8, 4) is 11.1 Å². The van der Waals surface area contributed by atoms with Gasteiger partial charge < -0.3 is 0 Å². The van der Waals surface area contributed by atoms with Crippen molar-refractivity contribution in [2.75, 3.05) is 0 Å². The van der Waals surface area contributed by atoms with Crippen LogP contribution in [0.25, 0.3) is 11.1 Å². The first-order chi connectivity index (χ1) is 15.1. The van der Waals surface area contributed by atoms with Crippen LogP contribution in [0.15, 0.2) is 48.6 Å². The fourth-order valence-corrected chi connectivity index (χ4v) is 6.02. The first-order valence-electron chi connectivity index (χ1n) is 12.3. The Kier molecular flexibility index (Phi) is 7.25. The summed E-state index contributed by atoms with van der Waals surface area (Å²) in [7, 11) is 0. The SMILES string of the molecule is C/C=C/CCc1ccc(-c2c(F)cc([C@@H]3CC[C@@H]4CC(CC)CC[C@@H]4C3)cc2F)cc1. The lowest BCUT2D eigenvalue weighted by Gasteiger charge is -2.42. The number of fused-ring (bicyclic) bond motifs is 1. The van der Waals surface area contributed by atoms with Crippen LogP contribution in [0.3, 0.4) is 0 Å². The minimum Gasteiger partial charge on any atom is -0.206 e. The van der Waals surface area contributed by atoms with E-state index in [2.05, 4.69) is 13.0 Å². The van der Waals surface area contributed by atoms with Crippen molar-refractivity contribution in [3.63, 3.8) is 0 Å². The lowest BCUT2D eigenvalue weighted by atomic mass is 9.63. The van der Waals surface area contributed by atoms with Gasteiger partial charge in [-0.25, -0.2) is 8.78 Å². The van der Waals surface area contributed by atoms with Gasteiger partial charge in [0, 0.05) is 0 Å². The second kappa shape index (κ2) is 10.1. The van der Waals surface area contributed by atoms with Crippen molar-refractivity contribution >= 4 is 0 Å². The maximum absolute atomic E-state index is 15.1. The zero-order chi connectivity index (χ0) is 21.8. The minimum atomic E-state index is -0.423. The highest BCUT2D eigenvalue weighted by Crippen LogP contribution is 2.48. The average Bonchev–Trinajstić information content (AvgIpc) is 2.79. The summed E-state index contributed by atoms with van der Waals surface area (Å²) >= 11 is 0. The molecule has 0 nitrogen and oxygen atoms in total. The molecule has 1 unspecified atom stereocenters. The van der Waals surface area contributed by atoms with E-state index >= 15 is 8.78 Å². The van der Waals surface area contributed by atoms with Gasteiger partial charge in [-0.05, 0) is 104 Å². The summed E-state index contributed by atoms with van der Waals surface area (Å²) in [4.78, 5) is 0. The van der Waals surface area contributed by atoms with Gasteiger partial charge in [-0.3, -0.25) is 0 Å². The fraction of sp³-hybridized carbons (Fsp3) is 0.517. The van der Waals surface area contributed by atoms with Gasteiger partial charge in [-0.15, -0.1) is 0 Å². The Bertz CT molecular complexity index is 872. The molecule has 2 aromatic carbocycles. The van der Waals surface area contributed by atoms with E-state index in [1.54, 1.807) is 12.1 Å². The van der Waals surface area contributed by atoms with Gasteiger partial charge >= 0.3 is 0 Å². The van der Waals surface area contributed by atoms with Crippen LogP contribution in [-0.4, -0.2) is 0 Å². The summed E-state index contributed by atoms with van der Waals surface area (Å²) in [5.41, 5.74) is 2.78. The Hall–Kier alpha value is -1.96. The lowest BCUT2D eigenvalue weighted by molar-refractivity contribution is 0.116. The molecule has 4 rings (SSSR count). The predicted octanol–water partition coefficient (Wildman–Crippen LogP) is 8.85. The number of hydrogen-bond donors (Lipinski definition) is 0. The highest BCUT2D eigenvalue weighted by Gasteiger charge is 2.35. The molecule has 2 fully saturated rings. The zero-order valence-electron chi connectivity index (χ0n) is 19.0. The van der Waals surface area contributed by atoms with Crippen molar-refractivity contribution in [1.82, 2.24) is 0 Å². The molecule has 0 spiro atoms. The third-order valence-corrected chi connectivity index (χ3v) is 7.91. The molecule has 0 aliphatic heterocycles. The van der Waals surface area contributed by atoms with Gasteiger partial charge in [0.05, 0.1) is 5.56 Å². The summed E-state index contributed by atoms with van der Waals surface area (Å²) < 4.78 is 30.2. The Balaban J connectivity index is 1.48. The molecule has 2 aromatic rings. The van der Waals surface area contributed by atoms with E-state index in [0.717, 1.165) is 49.0 Å². The number of hydrogen-bond acceptors (Lipinski definition) is 0. The van der Waals surface area contributed by atoms with Crippen LogP contribution in [0.2, 0.25) is 0 Å².